The van der Waals surface area contributed by atoms with E-state index in [9.17, 15) is 9.59 Å². The molecular weight excluding hydrogens is 278 g/mol. The summed E-state index contributed by atoms with van der Waals surface area (Å²) in [6.07, 6.45) is 2.61. The second-order valence-corrected chi connectivity index (χ2v) is 5.28. The van der Waals surface area contributed by atoms with E-state index in [1.54, 1.807) is 18.2 Å². The molecule has 2 amide bonds. The summed E-state index contributed by atoms with van der Waals surface area (Å²) in [6, 6.07) is 4.99. The van der Waals surface area contributed by atoms with Crippen molar-refractivity contribution in [2.24, 2.45) is 0 Å². The number of carbonyl (C=O) groups is 2. The zero-order valence-electron chi connectivity index (χ0n) is 11.2. The van der Waals surface area contributed by atoms with Crippen LogP contribution in [-0.2, 0) is 9.59 Å². The highest BCUT2D eigenvalue weighted by Crippen LogP contribution is 2.22. The number of rotatable bonds is 5. The largest absolute Gasteiger partial charge is 0.397 e. The molecule has 1 aromatic carbocycles. The highest BCUT2D eigenvalue weighted by molar-refractivity contribution is 6.33. The summed E-state index contributed by atoms with van der Waals surface area (Å²) in [5, 5.41) is 3.23. The van der Waals surface area contributed by atoms with E-state index in [4.69, 9.17) is 17.3 Å². The van der Waals surface area contributed by atoms with Crippen molar-refractivity contribution >= 4 is 34.8 Å². The molecule has 1 saturated heterocycles. The Bertz CT molecular complexity index is 519. The Hall–Kier alpha value is -1.75. The molecule has 2 rings (SSSR count). The van der Waals surface area contributed by atoms with E-state index in [2.05, 4.69) is 5.32 Å². The number of anilines is 2. The van der Waals surface area contributed by atoms with Gasteiger partial charge in [-0.25, -0.2) is 0 Å². The number of halogens is 1. The van der Waals surface area contributed by atoms with Gasteiger partial charge in [0, 0.05) is 31.6 Å². The maximum atomic E-state index is 11.8. The maximum absolute atomic E-state index is 11.8. The van der Waals surface area contributed by atoms with Crippen LogP contribution in [0, 0.1) is 0 Å². The topological polar surface area (TPSA) is 75.4 Å². The lowest BCUT2D eigenvalue weighted by Crippen LogP contribution is -2.26. The molecule has 6 heteroatoms. The van der Waals surface area contributed by atoms with Crippen LogP contribution in [0.2, 0.25) is 5.02 Å². The predicted octanol–water partition coefficient (Wildman–Crippen LogP) is 2.26. The van der Waals surface area contributed by atoms with Crippen molar-refractivity contribution in [2.45, 2.75) is 25.7 Å². The van der Waals surface area contributed by atoms with Crippen molar-refractivity contribution < 1.29 is 9.59 Å². The Morgan fingerprint density at radius 3 is 2.90 bits per heavy atom. The fourth-order valence-corrected chi connectivity index (χ4v) is 2.33. The molecular formula is C14H18ClN3O2. The summed E-state index contributed by atoms with van der Waals surface area (Å²) >= 11 is 5.81. The average Bonchev–Trinajstić information content (AvgIpc) is 2.80. The first kappa shape index (κ1) is 14.7. The van der Waals surface area contributed by atoms with Crippen LogP contribution >= 0.6 is 11.6 Å². The van der Waals surface area contributed by atoms with Crippen molar-refractivity contribution in [3.8, 4) is 0 Å². The van der Waals surface area contributed by atoms with Crippen molar-refractivity contribution in [3.63, 3.8) is 0 Å². The Morgan fingerprint density at radius 1 is 1.45 bits per heavy atom. The molecule has 20 heavy (non-hydrogen) atoms. The normalized spacial score (nSPS) is 14.7. The minimum absolute atomic E-state index is 0.0848. The molecule has 108 valence electrons. The molecule has 0 radical (unpaired) electrons. The molecule has 1 aliphatic rings. The average molecular weight is 296 g/mol. The quantitative estimate of drug-likeness (QED) is 0.818. The summed E-state index contributed by atoms with van der Waals surface area (Å²) in [7, 11) is 0. The maximum Gasteiger partial charge on any atom is 0.224 e. The van der Waals surface area contributed by atoms with Crippen molar-refractivity contribution in [3.05, 3.63) is 23.2 Å². The van der Waals surface area contributed by atoms with Crippen LogP contribution in [0.4, 0.5) is 11.4 Å². The van der Waals surface area contributed by atoms with Gasteiger partial charge in [-0.3, -0.25) is 9.59 Å². The fraction of sp³-hybridized carbons (Fsp3) is 0.429. The lowest BCUT2D eigenvalue weighted by Gasteiger charge is -2.14. The molecule has 5 nitrogen and oxygen atoms in total. The Labute approximate surface area is 123 Å². The number of nitrogens with two attached hydrogens (primary N) is 1. The third-order valence-electron chi connectivity index (χ3n) is 3.28. The highest BCUT2D eigenvalue weighted by Gasteiger charge is 2.19. The third-order valence-corrected chi connectivity index (χ3v) is 3.63. The van der Waals surface area contributed by atoms with Gasteiger partial charge in [-0.1, -0.05) is 11.6 Å². The molecule has 0 aliphatic carbocycles. The number of nitrogens with one attached hydrogen (secondary N) is 1. The van der Waals surface area contributed by atoms with E-state index in [1.807, 2.05) is 4.90 Å². The number of amides is 2. The predicted molar refractivity (Wildman–Crippen MR) is 79.5 cm³/mol. The van der Waals surface area contributed by atoms with Crippen LogP contribution in [0.5, 0.6) is 0 Å². The monoisotopic (exact) mass is 295 g/mol. The van der Waals surface area contributed by atoms with Gasteiger partial charge in [0.15, 0.2) is 0 Å². The molecule has 0 spiro atoms. The molecule has 0 saturated carbocycles. The van der Waals surface area contributed by atoms with Gasteiger partial charge in [0.05, 0.1) is 10.7 Å². The molecule has 1 aliphatic heterocycles. The molecule has 1 fully saturated rings. The lowest BCUT2D eigenvalue weighted by molar-refractivity contribution is -0.128. The summed E-state index contributed by atoms with van der Waals surface area (Å²) in [5.41, 5.74) is 6.74. The van der Waals surface area contributed by atoms with Crippen molar-refractivity contribution in [2.75, 3.05) is 24.1 Å². The number of nitrogens with zero attached hydrogens (tertiary/aromatic N) is 1. The van der Waals surface area contributed by atoms with Gasteiger partial charge < -0.3 is 16.0 Å². The van der Waals surface area contributed by atoms with Gasteiger partial charge in [-0.2, -0.15) is 0 Å². The number of nitrogen functional groups attached to an aromatic ring is 1. The lowest BCUT2D eigenvalue weighted by atomic mass is 10.2. The molecule has 0 aromatic heterocycles. The summed E-state index contributed by atoms with van der Waals surface area (Å²) < 4.78 is 0. The van der Waals surface area contributed by atoms with Gasteiger partial charge in [0.25, 0.3) is 0 Å². The van der Waals surface area contributed by atoms with E-state index in [-0.39, 0.29) is 11.8 Å². The summed E-state index contributed by atoms with van der Waals surface area (Å²) in [5.74, 6) is 0.106. The van der Waals surface area contributed by atoms with Crippen LogP contribution < -0.4 is 11.1 Å². The molecule has 0 bridgehead atoms. The second-order valence-electron chi connectivity index (χ2n) is 4.87. The van der Waals surface area contributed by atoms with E-state index in [0.29, 0.717) is 42.2 Å². The van der Waals surface area contributed by atoms with Gasteiger partial charge in [-0.15, -0.1) is 0 Å². The van der Waals surface area contributed by atoms with Gasteiger partial charge in [-0.05, 0) is 31.0 Å². The first-order valence-electron chi connectivity index (χ1n) is 6.69. The first-order valence-corrected chi connectivity index (χ1v) is 7.07. The van der Waals surface area contributed by atoms with Crippen LogP contribution in [-0.4, -0.2) is 29.8 Å². The summed E-state index contributed by atoms with van der Waals surface area (Å²) in [4.78, 5) is 25.0. The Morgan fingerprint density at radius 2 is 2.25 bits per heavy atom. The Kier molecular flexibility index (Phi) is 4.84. The number of hydrogen-bond acceptors (Lipinski definition) is 3. The first-order chi connectivity index (χ1) is 9.56. The Balaban J connectivity index is 1.75. The van der Waals surface area contributed by atoms with E-state index in [1.165, 1.54) is 0 Å². The minimum Gasteiger partial charge on any atom is -0.397 e. The molecule has 0 unspecified atom stereocenters. The number of carbonyl (C=O) groups excluding carboxylic acids is 2. The van der Waals surface area contributed by atoms with E-state index < -0.39 is 0 Å². The zero-order chi connectivity index (χ0) is 14.5. The smallest absolute Gasteiger partial charge is 0.224 e. The van der Waals surface area contributed by atoms with Crippen molar-refractivity contribution in [1.29, 1.82) is 0 Å². The van der Waals surface area contributed by atoms with Crippen LogP contribution in [0.15, 0.2) is 18.2 Å². The van der Waals surface area contributed by atoms with Gasteiger partial charge >= 0.3 is 0 Å². The van der Waals surface area contributed by atoms with Crippen LogP contribution in [0.3, 0.4) is 0 Å². The number of hydrogen-bond donors (Lipinski definition) is 2. The SMILES string of the molecule is Nc1cc(NC(=O)CCCN2CCCC2=O)ccc1Cl. The second kappa shape index (κ2) is 6.61. The zero-order valence-corrected chi connectivity index (χ0v) is 11.9. The van der Waals surface area contributed by atoms with Crippen LogP contribution in [0.25, 0.3) is 0 Å². The molecule has 3 N–H and O–H groups in total. The van der Waals surface area contributed by atoms with Gasteiger partial charge in [0.1, 0.15) is 0 Å². The summed E-state index contributed by atoms with van der Waals surface area (Å²) in [6.45, 7) is 1.46. The van der Waals surface area contributed by atoms with Crippen molar-refractivity contribution in [1.82, 2.24) is 4.90 Å². The van der Waals surface area contributed by atoms with Gasteiger partial charge in [0.2, 0.25) is 11.8 Å². The highest BCUT2D eigenvalue weighted by atomic mass is 35.5. The van der Waals surface area contributed by atoms with E-state index >= 15 is 0 Å². The van der Waals surface area contributed by atoms with Crippen LogP contribution in [0.1, 0.15) is 25.7 Å². The fourth-order valence-electron chi connectivity index (χ4n) is 2.22. The number of benzene rings is 1. The molecule has 0 atom stereocenters. The standard InChI is InChI=1S/C14H18ClN3O2/c15-11-6-5-10(9-12(11)16)17-13(19)3-1-7-18-8-2-4-14(18)20/h5-6,9H,1-4,7-8,16H2,(H,17,19). The molecule has 1 heterocycles. The van der Waals surface area contributed by atoms with E-state index in [0.717, 1.165) is 13.0 Å². The third kappa shape index (κ3) is 3.87. The minimum atomic E-state index is -0.0848. The number of likely N-dealkylation sites (tertiary alicyclic amines) is 1. The molecule has 1 aromatic rings.